The average Bonchev–Trinajstić information content (AvgIpc) is 2.49. The van der Waals surface area contributed by atoms with Crippen LogP contribution >= 0.6 is 11.6 Å². The maximum Gasteiger partial charge on any atom is 0.250 e. The number of nitrogens with two attached hydrogens (primary N) is 1. The van der Waals surface area contributed by atoms with Crippen LogP contribution in [0.15, 0.2) is 42.5 Å². The molecule has 0 spiro atoms. The molecule has 0 aliphatic rings. The Kier molecular flexibility index (Phi) is 4.46. The van der Waals surface area contributed by atoms with Crippen LogP contribution < -0.4 is 11.1 Å². The lowest BCUT2D eigenvalue weighted by atomic mass is 10.1. The highest BCUT2D eigenvalue weighted by molar-refractivity contribution is 6.33. The van der Waals surface area contributed by atoms with E-state index in [9.17, 15) is 4.79 Å². The number of carbonyl (C=O) groups excluding carboxylic acids is 1. The molecule has 106 valence electrons. The van der Waals surface area contributed by atoms with E-state index in [1.165, 1.54) is 0 Å². The predicted molar refractivity (Wildman–Crippen MR) is 83.2 cm³/mol. The first-order chi connectivity index (χ1) is 10.0. The first kappa shape index (κ1) is 14.9. The van der Waals surface area contributed by atoms with Gasteiger partial charge in [-0.25, -0.2) is 0 Å². The van der Waals surface area contributed by atoms with E-state index in [0.717, 1.165) is 11.3 Å². The van der Waals surface area contributed by atoms with E-state index in [2.05, 4.69) is 11.4 Å². The van der Waals surface area contributed by atoms with Gasteiger partial charge in [-0.3, -0.25) is 4.79 Å². The first-order valence-corrected chi connectivity index (χ1v) is 6.75. The third-order valence-electron chi connectivity index (χ3n) is 3.13. The topological polar surface area (TPSA) is 78.9 Å². The number of nitriles is 1. The Labute approximate surface area is 128 Å². The van der Waals surface area contributed by atoms with E-state index in [-0.39, 0.29) is 11.6 Å². The van der Waals surface area contributed by atoms with E-state index in [4.69, 9.17) is 22.6 Å². The Bertz CT molecular complexity index is 722. The summed E-state index contributed by atoms with van der Waals surface area (Å²) in [5, 5.41) is 12.5. The summed E-state index contributed by atoms with van der Waals surface area (Å²) >= 11 is 5.92. The zero-order valence-corrected chi connectivity index (χ0v) is 12.2. The van der Waals surface area contributed by atoms with Crippen LogP contribution in [0.25, 0.3) is 0 Å². The molecule has 0 saturated carbocycles. The maximum atomic E-state index is 11.3. The van der Waals surface area contributed by atoms with Gasteiger partial charge in [-0.15, -0.1) is 0 Å². The van der Waals surface area contributed by atoms with Crippen molar-refractivity contribution in [1.29, 1.82) is 5.26 Å². The van der Waals surface area contributed by atoms with E-state index in [1.54, 1.807) is 24.3 Å². The number of nitrogens with zero attached hydrogens (tertiary/aromatic N) is 1. The van der Waals surface area contributed by atoms with Crippen LogP contribution in [0.4, 0.5) is 5.69 Å². The summed E-state index contributed by atoms with van der Waals surface area (Å²) in [6, 6.07) is 14.5. The molecule has 21 heavy (non-hydrogen) atoms. The summed E-state index contributed by atoms with van der Waals surface area (Å²) in [5.41, 5.74) is 7.88. The minimum atomic E-state index is -0.567. The number of benzene rings is 2. The first-order valence-electron chi connectivity index (χ1n) is 6.37. The Balaban J connectivity index is 2.23. The lowest BCUT2D eigenvalue weighted by Crippen LogP contribution is -2.13. The molecule has 2 aromatic rings. The minimum absolute atomic E-state index is 0.0276. The molecule has 1 amide bonds. The van der Waals surface area contributed by atoms with Crippen LogP contribution in [0.5, 0.6) is 0 Å². The molecular formula is C16H14ClN3O. The Hall–Kier alpha value is -2.51. The van der Waals surface area contributed by atoms with Crippen molar-refractivity contribution < 1.29 is 4.79 Å². The van der Waals surface area contributed by atoms with Gasteiger partial charge in [-0.1, -0.05) is 23.7 Å². The molecule has 0 aliphatic carbocycles. The Morgan fingerprint density at radius 1 is 1.33 bits per heavy atom. The van der Waals surface area contributed by atoms with Crippen molar-refractivity contribution in [2.24, 2.45) is 5.73 Å². The van der Waals surface area contributed by atoms with Crippen molar-refractivity contribution in [3.63, 3.8) is 0 Å². The molecule has 0 aliphatic heterocycles. The summed E-state index contributed by atoms with van der Waals surface area (Å²) in [4.78, 5) is 11.3. The fourth-order valence-corrected chi connectivity index (χ4v) is 2.23. The molecule has 1 atom stereocenters. The van der Waals surface area contributed by atoms with Gasteiger partial charge in [-0.2, -0.15) is 5.26 Å². The molecule has 1 unspecified atom stereocenters. The average molecular weight is 300 g/mol. The van der Waals surface area contributed by atoms with Gasteiger partial charge in [0.25, 0.3) is 0 Å². The van der Waals surface area contributed by atoms with Crippen molar-refractivity contribution in [1.82, 2.24) is 0 Å². The lowest BCUT2D eigenvalue weighted by Gasteiger charge is -2.16. The van der Waals surface area contributed by atoms with Gasteiger partial charge in [0.1, 0.15) is 0 Å². The summed E-state index contributed by atoms with van der Waals surface area (Å²) in [6.45, 7) is 1.97. The number of nitrogens with one attached hydrogen (secondary N) is 1. The van der Waals surface area contributed by atoms with Crippen LogP contribution in [0.2, 0.25) is 5.02 Å². The van der Waals surface area contributed by atoms with Gasteiger partial charge in [-0.05, 0) is 42.8 Å². The standard InChI is InChI=1S/C16H14ClN3O/c1-10(12-4-2-3-11(7-12)9-18)20-13-5-6-15(17)14(8-13)16(19)21/h2-8,10,20H,1H3,(H2,19,21). The van der Waals surface area contributed by atoms with Crippen molar-refractivity contribution in [3.05, 3.63) is 64.2 Å². The van der Waals surface area contributed by atoms with Gasteiger partial charge in [0.2, 0.25) is 5.91 Å². The lowest BCUT2D eigenvalue weighted by molar-refractivity contribution is 0.100. The molecule has 0 aromatic heterocycles. The van der Waals surface area contributed by atoms with Gasteiger partial charge in [0.15, 0.2) is 0 Å². The molecule has 0 bridgehead atoms. The third kappa shape index (κ3) is 3.53. The van der Waals surface area contributed by atoms with Crippen LogP contribution in [-0.4, -0.2) is 5.91 Å². The number of hydrogen-bond acceptors (Lipinski definition) is 3. The fourth-order valence-electron chi connectivity index (χ4n) is 2.01. The number of anilines is 1. The molecular weight excluding hydrogens is 286 g/mol. The number of amides is 1. The van der Waals surface area contributed by atoms with E-state index < -0.39 is 5.91 Å². The molecule has 5 heteroatoms. The van der Waals surface area contributed by atoms with E-state index >= 15 is 0 Å². The smallest absolute Gasteiger partial charge is 0.250 e. The molecule has 0 fully saturated rings. The summed E-state index contributed by atoms with van der Waals surface area (Å²) in [5.74, 6) is -0.567. The number of carbonyl (C=O) groups is 1. The van der Waals surface area contributed by atoms with E-state index in [1.807, 2.05) is 25.1 Å². The molecule has 0 radical (unpaired) electrons. The van der Waals surface area contributed by atoms with Crippen LogP contribution in [0, 0.1) is 11.3 Å². The Morgan fingerprint density at radius 3 is 2.76 bits per heavy atom. The van der Waals surface area contributed by atoms with Crippen molar-refractivity contribution >= 4 is 23.2 Å². The SMILES string of the molecule is CC(Nc1ccc(Cl)c(C(N)=O)c1)c1cccc(C#N)c1. The predicted octanol–water partition coefficient (Wildman–Crippen LogP) is 3.48. The Morgan fingerprint density at radius 2 is 2.10 bits per heavy atom. The highest BCUT2D eigenvalue weighted by Gasteiger charge is 2.10. The van der Waals surface area contributed by atoms with Gasteiger partial charge in [0, 0.05) is 11.7 Å². The van der Waals surface area contributed by atoms with E-state index in [0.29, 0.717) is 10.6 Å². The molecule has 2 aromatic carbocycles. The minimum Gasteiger partial charge on any atom is -0.378 e. The molecule has 4 nitrogen and oxygen atoms in total. The summed E-state index contributed by atoms with van der Waals surface area (Å²) in [6.07, 6.45) is 0. The van der Waals surface area contributed by atoms with Gasteiger partial charge < -0.3 is 11.1 Å². The number of halogens is 1. The van der Waals surface area contributed by atoms with Crippen molar-refractivity contribution in [2.75, 3.05) is 5.32 Å². The van der Waals surface area contributed by atoms with Crippen LogP contribution in [-0.2, 0) is 0 Å². The summed E-state index contributed by atoms with van der Waals surface area (Å²) in [7, 11) is 0. The highest BCUT2D eigenvalue weighted by atomic mass is 35.5. The highest BCUT2D eigenvalue weighted by Crippen LogP contribution is 2.24. The zero-order valence-electron chi connectivity index (χ0n) is 11.4. The van der Waals surface area contributed by atoms with Crippen molar-refractivity contribution in [3.8, 4) is 6.07 Å². The van der Waals surface area contributed by atoms with Crippen LogP contribution in [0.1, 0.15) is 34.5 Å². The zero-order chi connectivity index (χ0) is 15.4. The van der Waals surface area contributed by atoms with Crippen LogP contribution in [0.3, 0.4) is 0 Å². The second-order valence-corrected chi connectivity index (χ2v) is 5.07. The largest absolute Gasteiger partial charge is 0.378 e. The second kappa shape index (κ2) is 6.29. The van der Waals surface area contributed by atoms with Crippen molar-refractivity contribution in [2.45, 2.75) is 13.0 Å². The summed E-state index contributed by atoms with van der Waals surface area (Å²) < 4.78 is 0. The quantitative estimate of drug-likeness (QED) is 0.907. The monoisotopic (exact) mass is 299 g/mol. The number of primary amides is 1. The number of rotatable bonds is 4. The van der Waals surface area contributed by atoms with Gasteiger partial charge >= 0.3 is 0 Å². The molecule has 2 rings (SSSR count). The second-order valence-electron chi connectivity index (χ2n) is 4.66. The van der Waals surface area contributed by atoms with Gasteiger partial charge in [0.05, 0.1) is 22.2 Å². The fraction of sp³-hybridized carbons (Fsp3) is 0.125. The maximum absolute atomic E-state index is 11.3. The molecule has 0 saturated heterocycles. The normalized spacial score (nSPS) is 11.5. The number of hydrogen-bond donors (Lipinski definition) is 2. The molecule has 0 heterocycles. The third-order valence-corrected chi connectivity index (χ3v) is 3.46. The molecule has 3 N–H and O–H groups in total.